The van der Waals surface area contributed by atoms with E-state index in [0.717, 1.165) is 35.5 Å². The molecule has 1 N–H and O–H groups in total. The number of hydrogen-bond acceptors (Lipinski definition) is 7. The zero-order valence-corrected chi connectivity index (χ0v) is 12.8. The van der Waals surface area contributed by atoms with Gasteiger partial charge in [-0.3, -0.25) is 0 Å². The first-order chi connectivity index (χ1) is 11.9. The van der Waals surface area contributed by atoms with Crippen molar-refractivity contribution < 1.29 is 9.15 Å². The SMILES string of the molecule is c1cc(-c2nc(N3CCOCC3)c3ocnc3n2)c2nc[nH]c2c1. The Labute approximate surface area is 136 Å². The van der Waals surface area contributed by atoms with E-state index in [1.165, 1.54) is 6.39 Å². The normalized spacial score (nSPS) is 15.4. The number of aromatic nitrogens is 5. The Bertz CT molecular complexity index is 1020. The highest BCUT2D eigenvalue weighted by molar-refractivity contribution is 5.92. The molecule has 8 nitrogen and oxygen atoms in total. The number of nitrogens with one attached hydrogen (secondary N) is 1. The molecule has 0 unspecified atom stereocenters. The van der Waals surface area contributed by atoms with Gasteiger partial charge in [-0.1, -0.05) is 6.07 Å². The van der Waals surface area contributed by atoms with Gasteiger partial charge in [-0.15, -0.1) is 0 Å². The first-order valence-electron chi connectivity index (χ1n) is 7.76. The van der Waals surface area contributed by atoms with Crippen molar-refractivity contribution in [2.75, 3.05) is 31.2 Å². The van der Waals surface area contributed by atoms with Gasteiger partial charge in [0, 0.05) is 18.7 Å². The molecule has 1 aromatic carbocycles. The number of benzene rings is 1. The van der Waals surface area contributed by atoms with E-state index in [2.05, 4.69) is 24.8 Å². The van der Waals surface area contributed by atoms with Crippen molar-refractivity contribution in [1.29, 1.82) is 0 Å². The van der Waals surface area contributed by atoms with Gasteiger partial charge < -0.3 is 19.0 Å². The van der Waals surface area contributed by atoms with E-state index < -0.39 is 0 Å². The summed E-state index contributed by atoms with van der Waals surface area (Å²) >= 11 is 0. The molecule has 0 spiro atoms. The van der Waals surface area contributed by atoms with Crippen LogP contribution in [0.3, 0.4) is 0 Å². The van der Waals surface area contributed by atoms with Crippen LogP contribution in [-0.4, -0.2) is 51.2 Å². The van der Waals surface area contributed by atoms with Gasteiger partial charge in [0.25, 0.3) is 0 Å². The van der Waals surface area contributed by atoms with Crippen LogP contribution >= 0.6 is 0 Å². The highest BCUT2D eigenvalue weighted by Gasteiger charge is 2.21. The van der Waals surface area contributed by atoms with Gasteiger partial charge in [-0.25, -0.2) is 15.0 Å². The second-order valence-corrected chi connectivity index (χ2v) is 5.58. The number of aromatic amines is 1. The molecule has 24 heavy (non-hydrogen) atoms. The van der Waals surface area contributed by atoms with Crippen LogP contribution in [0.4, 0.5) is 5.82 Å². The third-order valence-corrected chi connectivity index (χ3v) is 4.18. The number of rotatable bonds is 2. The maximum atomic E-state index is 5.53. The number of hydrogen-bond donors (Lipinski definition) is 1. The quantitative estimate of drug-likeness (QED) is 0.603. The van der Waals surface area contributed by atoms with E-state index in [0.29, 0.717) is 30.3 Å². The molecule has 120 valence electrons. The van der Waals surface area contributed by atoms with E-state index in [9.17, 15) is 0 Å². The lowest BCUT2D eigenvalue weighted by molar-refractivity contribution is 0.122. The van der Waals surface area contributed by atoms with Crippen LogP contribution in [-0.2, 0) is 4.74 Å². The predicted molar refractivity (Wildman–Crippen MR) is 87.7 cm³/mol. The van der Waals surface area contributed by atoms with E-state index in [-0.39, 0.29) is 0 Å². The number of morpholine rings is 1. The number of anilines is 1. The Kier molecular flexibility index (Phi) is 2.95. The summed E-state index contributed by atoms with van der Waals surface area (Å²) in [5.41, 5.74) is 3.81. The summed E-state index contributed by atoms with van der Waals surface area (Å²) in [4.78, 5) is 23.2. The number of oxazole rings is 1. The zero-order chi connectivity index (χ0) is 15.9. The van der Waals surface area contributed by atoms with Crippen molar-refractivity contribution in [3.63, 3.8) is 0 Å². The lowest BCUT2D eigenvalue weighted by Crippen LogP contribution is -2.37. The highest BCUT2D eigenvalue weighted by Crippen LogP contribution is 2.30. The van der Waals surface area contributed by atoms with Crippen molar-refractivity contribution in [3.05, 3.63) is 30.9 Å². The monoisotopic (exact) mass is 322 g/mol. The van der Waals surface area contributed by atoms with E-state index >= 15 is 0 Å². The van der Waals surface area contributed by atoms with Gasteiger partial charge in [0.1, 0.15) is 0 Å². The average molecular weight is 322 g/mol. The van der Waals surface area contributed by atoms with E-state index in [1.54, 1.807) is 6.33 Å². The molecule has 3 aromatic heterocycles. The van der Waals surface area contributed by atoms with Crippen LogP contribution in [0.25, 0.3) is 33.7 Å². The molecular weight excluding hydrogens is 308 g/mol. The molecule has 4 heterocycles. The van der Waals surface area contributed by atoms with Gasteiger partial charge in [-0.2, -0.15) is 4.98 Å². The molecule has 0 saturated carbocycles. The smallest absolute Gasteiger partial charge is 0.215 e. The molecule has 1 aliphatic rings. The van der Waals surface area contributed by atoms with Crippen molar-refractivity contribution in [2.45, 2.75) is 0 Å². The molecule has 4 aromatic rings. The predicted octanol–water partition coefficient (Wildman–Crippen LogP) is 2.00. The molecule has 0 bridgehead atoms. The van der Waals surface area contributed by atoms with E-state index in [1.807, 2.05) is 18.2 Å². The second-order valence-electron chi connectivity index (χ2n) is 5.58. The fraction of sp³-hybridized carbons (Fsp3) is 0.250. The van der Waals surface area contributed by atoms with Gasteiger partial charge in [-0.05, 0) is 12.1 Å². The molecule has 1 saturated heterocycles. The van der Waals surface area contributed by atoms with Crippen LogP contribution in [0.15, 0.2) is 35.3 Å². The molecule has 0 aliphatic carbocycles. The molecule has 0 amide bonds. The van der Waals surface area contributed by atoms with E-state index in [4.69, 9.17) is 14.1 Å². The van der Waals surface area contributed by atoms with Crippen LogP contribution in [0.1, 0.15) is 0 Å². The third-order valence-electron chi connectivity index (χ3n) is 4.18. The topological polar surface area (TPSA) is 93.0 Å². The summed E-state index contributed by atoms with van der Waals surface area (Å²) in [7, 11) is 0. The molecule has 0 atom stereocenters. The first-order valence-corrected chi connectivity index (χ1v) is 7.76. The Hall–Kier alpha value is -3.00. The first kappa shape index (κ1) is 13.4. The van der Waals surface area contributed by atoms with Crippen LogP contribution in [0.5, 0.6) is 0 Å². The summed E-state index contributed by atoms with van der Waals surface area (Å²) in [6.07, 6.45) is 3.08. The number of fused-ring (bicyclic) bond motifs is 2. The van der Waals surface area contributed by atoms with Crippen molar-refractivity contribution >= 4 is 28.1 Å². The van der Waals surface area contributed by atoms with Crippen LogP contribution in [0, 0.1) is 0 Å². The number of para-hydroxylation sites is 1. The number of H-pyrrole nitrogens is 1. The fourth-order valence-electron chi connectivity index (χ4n) is 3.00. The van der Waals surface area contributed by atoms with Crippen LogP contribution in [0.2, 0.25) is 0 Å². The lowest BCUT2D eigenvalue weighted by atomic mass is 10.1. The van der Waals surface area contributed by atoms with Gasteiger partial charge in [0.05, 0.1) is 30.6 Å². The summed E-state index contributed by atoms with van der Waals surface area (Å²) in [5.74, 6) is 1.35. The van der Waals surface area contributed by atoms with Crippen molar-refractivity contribution in [2.24, 2.45) is 0 Å². The zero-order valence-electron chi connectivity index (χ0n) is 12.8. The van der Waals surface area contributed by atoms with Gasteiger partial charge >= 0.3 is 0 Å². The summed E-state index contributed by atoms with van der Waals surface area (Å²) in [5, 5.41) is 0. The minimum Gasteiger partial charge on any atom is -0.438 e. The fourth-order valence-corrected chi connectivity index (χ4v) is 3.00. The molecular formula is C16H14N6O2. The number of ether oxygens (including phenoxy) is 1. The number of nitrogens with zero attached hydrogens (tertiary/aromatic N) is 5. The number of imidazole rings is 1. The molecule has 1 aliphatic heterocycles. The van der Waals surface area contributed by atoms with Crippen molar-refractivity contribution in [1.82, 2.24) is 24.9 Å². The van der Waals surface area contributed by atoms with Gasteiger partial charge in [0.15, 0.2) is 18.0 Å². The van der Waals surface area contributed by atoms with Crippen molar-refractivity contribution in [3.8, 4) is 11.4 Å². The maximum Gasteiger partial charge on any atom is 0.215 e. The minimum absolute atomic E-state index is 0.550. The summed E-state index contributed by atoms with van der Waals surface area (Å²) in [6, 6.07) is 5.90. The minimum atomic E-state index is 0.550. The maximum absolute atomic E-state index is 5.53. The molecule has 1 fully saturated rings. The average Bonchev–Trinajstić information content (AvgIpc) is 3.30. The summed E-state index contributed by atoms with van der Waals surface area (Å²) in [6.45, 7) is 2.87. The Morgan fingerprint density at radius 3 is 2.92 bits per heavy atom. The highest BCUT2D eigenvalue weighted by atomic mass is 16.5. The largest absolute Gasteiger partial charge is 0.438 e. The second kappa shape index (κ2) is 5.27. The van der Waals surface area contributed by atoms with Gasteiger partial charge in [0.2, 0.25) is 11.2 Å². The standard InChI is InChI=1S/C16H14N6O2/c1-2-10(12-11(3-1)17-8-18-12)14-20-15-13(24-9-19-15)16(21-14)22-4-6-23-7-5-22/h1-3,8-9H,4-7H2,(H,17,18). The van der Waals surface area contributed by atoms with Crippen LogP contribution < -0.4 is 4.90 Å². The Morgan fingerprint density at radius 1 is 1.08 bits per heavy atom. The Balaban J connectivity index is 1.73. The molecule has 8 heteroatoms. The molecule has 5 rings (SSSR count). The third kappa shape index (κ3) is 2.04. The lowest BCUT2D eigenvalue weighted by Gasteiger charge is -2.27. The molecule has 0 radical (unpaired) electrons. The Morgan fingerprint density at radius 2 is 2.00 bits per heavy atom. The summed E-state index contributed by atoms with van der Waals surface area (Å²) < 4.78 is 11.0.